The molecule has 1 saturated heterocycles. The lowest BCUT2D eigenvalue weighted by Crippen LogP contribution is -2.47. The number of sulfonamides is 1. The molecule has 2 rings (SSSR count). The van der Waals surface area contributed by atoms with E-state index in [9.17, 15) is 26.0 Å². The highest BCUT2D eigenvalue weighted by atomic mass is 32.2. The monoisotopic (exact) mass is 340 g/mol. The van der Waals surface area contributed by atoms with Gasteiger partial charge in [0.15, 0.2) is 0 Å². The summed E-state index contributed by atoms with van der Waals surface area (Å²) >= 11 is 0. The first kappa shape index (κ1) is 17.2. The van der Waals surface area contributed by atoms with E-state index in [1.54, 1.807) is 0 Å². The molecule has 1 aliphatic rings. The van der Waals surface area contributed by atoms with E-state index in [4.69, 9.17) is 5.73 Å². The van der Waals surface area contributed by atoms with E-state index in [0.717, 1.165) is 10.7 Å². The summed E-state index contributed by atoms with van der Waals surface area (Å²) in [5.74, 6) is -1.20. The Bertz CT molecular complexity index is 646. The highest BCUT2D eigenvalue weighted by Gasteiger charge is 2.37. The largest absolute Gasteiger partial charge is 0.416 e. The molecule has 124 valence electrons. The Morgan fingerprint density at radius 1 is 1.27 bits per heavy atom. The molecule has 0 bridgehead atoms. The molecule has 1 aromatic rings. The molecular weight excluding hydrogens is 324 g/mol. The minimum Gasteiger partial charge on any atom is -0.329 e. The van der Waals surface area contributed by atoms with Gasteiger partial charge in [-0.2, -0.15) is 17.5 Å². The fourth-order valence-corrected chi connectivity index (χ4v) is 4.33. The SMILES string of the molecule is NCC1CCCCN1S(=O)(=O)c1cc(C(F)(F)F)ccc1F. The zero-order chi connectivity index (χ0) is 16.5. The molecule has 22 heavy (non-hydrogen) atoms. The second-order valence-electron chi connectivity index (χ2n) is 5.14. The quantitative estimate of drug-likeness (QED) is 0.859. The first-order valence-corrected chi connectivity index (χ1v) is 8.20. The van der Waals surface area contributed by atoms with Gasteiger partial charge in [-0.15, -0.1) is 0 Å². The summed E-state index contributed by atoms with van der Waals surface area (Å²) in [4.78, 5) is -0.956. The molecule has 1 heterocycles. The third-order valence-corrected chi connectivity index (χ3v) is 5.66. The van der Waals surface area contributed by atoms with Crippen molar-refractivity contribution in [3.05, 3.63) is 29.6 Å². The minimum atomic E-state index is -4.74. The lowest BCUT2D eigenvalue weighted by atomic mass is 10.1. The van der Waals surface area contributed by atoms with Gasteiger partial charge in [0.2, 0.25) is 10.0 Å². The summed E-state index contributed by atoms with van der Waals surface area (Å²) in [5, 5.41) is 0. The number of rotatable bonds is 3. The van der Waals surface area contributed by atoms with Crippen LogP contribution in [0.5, 0.6) is 0 Å². The fraction of sp³-hybridized carbons (Fsp3) is 0.538. The van der Waals surface area contributed by atoms with Crippen LogP contribution in [-0.2, 0) is 16.2 Å². The Morgan fingerprint density at radius 3 is 2.55 bits per heavy atom. The van der Waals surface area contributed by atoms with Crippen molar-refractivity contribution in [2.45, 2.75) is 36.4 Å². The first-order valence-electron chi connectivity index (χ1n) is 6.76. The van der Waals surface area contributed by atoms with Crippen LogP contribution >= 0.6 is 0 Å². The van der Waals surface area contributed by atoms with Crippen molar-refractivity contribution >= 4 is 10.0 Å². The molecule has 1 fully saturated rings. The molecule has 1 atom stereocenters. The van der Waals surface area contributed by atoms with Crippen molar-refractivity contribution in [2.75, 3.05) is 13.1 Å². The zero-order valence-corrected chi connectivity index (χ0v) is 12.4. The standard InChI is InChI=1S/C13H16F4N2O2S/c14-11-5-4-9(13(15,16)17)7-12(11)22(20,21)19-6-2-1-3-10(19)8-18/h4-5,7,10H,1-3,6,8,18H2. The Balaban J connectivity index is 2.49. The molecule has 1 unspecified atom stereocenters. The molecule has 0 saturated carbocycles. The summed E-state index contributed by atoms with van der Waals surface area (Å²) in [6.45, 7) is 0.166. The van der Waals surface area contributed by atoms with Gasteiger partial charge in [0.1, 0.15) is 10.7 Å². The van der Waals surface area contributed by atoms with E-state index in [2.05, 4.69) is 0 Å². The maximum atomic E-state index is 13.8. The van der Waals surface area contributed by atoms with Gasteiger partial charge in [-0.05, 0) is 31.0 Å². The Kier molecular flexibility index (Phi) is 4.78. The number of halogens is 4. The second kappa shape index (κ2) is 6.13. The zero-order valence-electron chi connectivity index (χ0n) is 11.6. The van der Waals surface area contributed by atoms with Gasteiger partial charge in [0.25, 0.3) is 0 Å². The van der Waals surface area contributed by atoms with Crippen LogP contribution in [0.3, 0.4) is 0 Å². The summed E-state index contributed by atoms with van der Waals surface area (Å²) < 4.78 is 78.0. The van der Waals surface area contributed by atoms with Crippen molar-refractivity contribution in [2.24, 2.45) is 5.73 Å². The van der Waals surface area contributed by atoms with Crippen LogP contribution in [0.1, 0.15) is 24.8 Å². The third-order valence-electron chi connectivity index (χ3n) is 3.69. The maximum Gasteiger partial charge on any atom is 0.416 e. The van der Waals surface area contributed by atoms with E-state index in [-0.39, 0.29) is 13.1 Å². The summed E-state index contributed by atoms with van der Waals surface area (Å²) in [5.41, 5.74) is 4.33. The molecule has 0 spiro atoms. The minimum absolute atomic E-state index is 0.0415. The predicted octanol–water partition coefficient (Wildman–Crippen LogP) is 2.35. The third kappa shape index (κ3) is 3.26. The van der Waals surface area contributed by atoms with Crippen LogP contribution in [0.15, 0.2) is 23.1 Å². The van der Waals surface area contributed by atoms with Gasteiger partial charge in [-0.1, -0.05) is 6.42 Å². The van der Waals surface area contributed by atoms with Crippen LogP contribution in [0.25, 0.3) is 0 Å². The molecule has 1 aromatic carbocycles. The Hall–Kier alpha value is -1.19. The lowest BCUT2D eigenvalue weighted by molar-refractivity contribution is -0.137. The number of piperidine rings is 1. The van der Waals surface area contributed by atoms with Crippen molar-refractivity contribution in [1.82, 2.24) is 4.31 Å². The first-order chi connectivity index (χ1) is 10.2. The van der Waals surface area contributed by atoms with E-state index in [1.165, 1.54) is 0 Å². The van der Waals surface area contributed by atoms with Gasteiger partial charge in [-0.25, -0.2) is 12.8 Å². The Morgan fingerprint density at radius 2 is 1.95 bits per heavy atom. The highest BCUT2D eigenvalue weighted by Crippen LogP contribution is 2.33. The number of nitrogens with two attached hydrogens (primary N) is 1. The van der Waals surface area contributed by atoms with Gasteiger partial charge in [-0.3, -0.25) is 0 Å². The molecule has 0 radical (unpaired) electrons. The number of hydrogen-bond donors (Lipinski definition) is 1. The van der Waals surface area contributed by atoms with Crippen molar-refractivity contribution in [3.63, 3.8) is 0 Å². The van der Waals surface area contributed by atoms with Crippen LogP contribution in [0, 0.1) is 5.82 Å². The Labute approximate surface area is 126 Å². The average molecular weight is 340 g/mol. The molecule has 0 aliphatic carbocycles. The van der Waals surface area contributed by atoms with Crippen LogP contribution in [-0.4, -0.2) is 31.9 Å². The van der Waals surface area contributed by atoms with E-state index >= 15 is 0 Å². The highest BCUT2D eigenvalue weighted by molar-refractivity contribution is 7.89. The molecule has 4 nitrogen and oxygen atoms in total. The van der Waals surface area contributed by atoms with E-state index in [1.807, 2.05) is 0 Å². The smallest absolute Gasteiger partial charge is 0.329 e. The van der Waals surface area contributed by atoms with Crippen LogP contribution in [0.4, 0.5) is 17.6 Å². The number of hydrogen-bond acceptors (Lipinski definition) is 3. The molecular formula is C13H16F4N2O2S. The fourth-order valence-electron chi connectivity index (χ4n) is 2.53. The van der Waals surface area contributed by atoms with Crippen molar-refractivity contribution < 1.29 is 26.0 Å². The van der Waals surface area contributed by atoms with Crippen LogP contribution in [0.2, 0.25) is 0 Å². The molecule has 2 N–H and O–H groups in total. The van der Waals surface area contributed by atoms with E-state index in [0.29, 0.717) is 31.0 Å². The van der Waals surface area contributed by atoms with Gasteiger partial charge in [0, 0.05) is 19.1 Å². The molecule has 1 aliphatic heterocycles. The van der Waals surface area contributed by atoms with Gasteiger partial charge < -0.3 is 5.73 Å². The topological polar surface area (TPSA) is 63.4 Å². The van der Waals surface area contributed by atoms with Crippen LogP contribution < -0.4 is 5.73 Å². The maximum absolute atomic E-state index is 13.8. The molecule has 0 aromatic heterocycles. The second-order valence-corrected chi connectivity index (χ2v) is 7.00. The van der Waals surface area contributed by atoms with Gasteiger partial charge in [0.05, 0.1) is 5.56 Å². The molecule has 0 amide bonds. The normalized spacial score (nSPS) is 21.0. The van der Waals surface area contributed by atoms with Crippen molar-refractivity contribution in [1.29, 1.82) is 0 Å². The van der Waals surface area contributed by atoms with Gasteiger partial charge >= 0.3 is 6.18 Å². The van der Waals surface area contributed by atoms with Crippen molar-refractivity contribution in [3.8, 4) is 0 Å². The summed E-state index contributed by atoms with van der Waals surface area (Å²) in [7, 11) is -4.36. The lowest BCUT2D eigenvalue weighted by Gasteiger charge is -2.34. The summed E-state index contributed by atoms with van der Waals surface area (Å²) in [6, 6.07) is 0.863. The number of nitrogens with zero attached hydrogens (tertiary/aromatic N) is 1. The number of alkyl halides is 3. The molecule has 9 heteroatoms. The van der Waals surface area contributed by atoms with E-state index < -0.39 is 38.5 Å². The number of benzene rings is 1. The average Bonchev–Trinajstić information content (AvgIpc) is 2.46. The predicted molar refractivity (Wildman–Crippen MR) is 72.0 cm³/mol. The summed E-state index contributed by atoms with van der Waals surface area (Å²) in [6.07, 6.45) is -2.89.